The van der Waals surface area contributed by atoms with Gasteiger partial charge in [-0.3, -0.25) is 0 Å². The lowest BCUT2D eigenvalue weighted by molar-refractivity contribution is -0.134. The molecule has 2 rings (SSSR count). The number of carboxylic acids is 2. The highest BCUT2D eigenvalue weighted by atomic mass is 16.5. The first-order valence-electron chi connectivity index (χ1n) is 8.61. The maximum atomic E-state index is 9.55. The molecular weight excluding hydrogens is 364 g/mol. The Morgan fingerprint density at radius 2 is 1.89 bits per heavy atom. The minimum atomic E-state index is -1.26. The largest absolute Gasteiger partial charge is 0.497 e. The van der Waals surface area contributed by atoms with Crippen molar-refractivity contribution in [2.24, 2.45) is 5.73 Å². The number of nitrogens with two attached hydrogens (primary N) is 2. The number of fused-ring (bicyclic) bond motifs is 1. The number of aliphatic carboxylic acids is 2. The average Bonchev–Trinajstić information content (AvgIpc) is 2.65. The molecule has 0 saturated carbocycles. The van der Waals surface area contributed by atoms with Gasteiger partial charge in [-0.2, -0.15) is 0 Å². The highest BCUT2D eigenvalue weighted by molar-refractivity contribution is 5.93. The number of ether oxygens (including phenoxy) is 1. The quantitative estimate of drug-likeness (QED) is 0.425. The van der Waals surface area contributed by atoms with E-state index in [0.29, 0.717) is 30.6 Å². The van der Waals surface area contributed by atoms with E-state index in [1.165, 1.54) is 0 Å². The molecule has 1 aromatic heterocycles. The van der Waals surface area contributed by atoms with Gasteiger partial charge in [0.2, 0.25) is 0 Å². The van der Waals surface area contributed by atoms with Gasteiger partial charge in [0, 0.05) is 29.6 Å². The van der Waals surface area contributed by atoms with Crippen molar-refractivity contribution in [3.8, 4) is 5.75 Å². The number of nitrogen functional groups attached to an aromatic ring is 1. The lowest BCUT2D eigenvalue weighted by Gasteiger charge is -2.17. The van der Waals surface area contributed by atoms with Crippen LogP contribution in [-0.2, 0) is 9.59 Å². The van der Waals surface area contributed by atoms with E-state index >= 15 is 0 Å². The van der Waals surface area contributed by atoms with E-state index < -0.39 is 11.9 Å². The fourth-order valence-corrected chi connectivity index (χ4v) is 2.35. The molecule has 2 aromatic rings. The van der Waals surface area contributed by atoms with Gasteiger partial charge in [0.05, 0.1) is 18.3 Å². The molecule has 0 aliphatic carbocycles. The SMILES string of the molecule is COc1cc(NC(C)CCCN)c2nc(N)ccc2c1.O=C(O)/C=C\C(=O)O. The van der Waals surface area contributed by atoms with Crippen molar-refractivity contribution in [2.45, 2.75) is 25.8 Å². The summed E-state index contributed by atoms with van der Waals surface area (Å²) in [6.07, 6.45) is 3.12. The molecule has 1 aromatic carbocycles. The summed E-state index contributed by atoms with van der Waals surface area (Å²) in [5.74, 6) is -1.20. The van der Waals surface area contributed by atoms with Crippen LogP contribution in [0.1, 0.15) is 19.8 Å². The Kier molecular flexibility index (Phi) is 9.24. The number of methoxy groups -OCH3 is 1. The molecule has 1 atom stereocenters. The van der Waals surface area contributed by atoms with Gasteiger partial charge in [-0.15, -0.1) is 0 Å². The van der Waals surface area contributed by atoms with Gasteiger partial charge < -0.3 is 31.7 Å². The van der Waals surface area contributed by atoms with E-state index in [2.05, 4.69) is 17.2 Å². The Morgan fingerprint density at radius 3 is 2.43 bits per heavy atom. The van der Waals surface area contributed by atoms with Crippen molar-refractivity contribution >= 4 is 34.3 Å². The molecule has 1 heterocycles. The second-order valence-corrected chi connectivity index (χ2v) is 5.97. The smallest absolute Gasteiger partial charge is 0.328 e. The number of pyridine rings is 1. The molecule has 0 bridgehead atoms. The first-order chi connectivity index (χ1) is 13.3. The number of anilines is 2. The van der Waals surface area contributed by atoms with E-state index in [1.807, 2.05) is 18.2 Å². The lowest BCUT2D eigenvalue weighted by atomic mass is 10.1. The van der Waals surface area contributed by atoms with E-state index in [0.717, 1.165) is 35.2 Å². The summed E-state index contributed by atoms with van der Waals surface area (Å²) in [6, 6.07) is 7.97. The summed E-state index contributed by atoms with van der Waals surface area (Å²) in [7, 11) is 1.66. The monoisotopic (exact) mass is 390 g/mol. The van der Waals surface area contributed by atoms with Crippen LogP contribution in [0.15, 0.2) is 36.4 Å². The average molecular weight is 390 g/mol. The maximum Gasteiger partial charge on any atom is 0.328 e. The van der Waals surface area contributed by atoms with Crippen molar-refractivity contribution in [3.63, 3.8) is 0 Å². The first kappa shape index (κ1) is 22.7. The van der Waals surface area contributed by atoms with Gasteiger partial charge in [0.25, 0.3) is 0 Å². The molecular formula is C19H26N4O5. The van der Waals surface area contributed by atoms with Gasteiger partial charge in [-0.05, 0) is 44.5 Å². The molecule has 28 heavy (non-hydrogen) atoms. The second kappa shape index (κ2) is 11.4. The molecule has 0 amide bonds. The van der Waals surface area contributed by atoms with Gasteiger partial charge in [-0.1, -0.05) is 0 Å². The summed E-state index contributed by atoms with van der Waals surface area (Å²) in [4.78, 5) is 23.5. The molecule has 0 fully saturated rings. The number of carboxylic acid groups (broad SMARTS) is 2. The molecule has 9 heteroatoms. The first-order valence-corrected chi connectivity index (χ1v) is 8.61. The van der Waals surface area contributed by atoms with Crippen molar-refractivity contribution in [1.82, 2.24) is 4.98 Å². The minimum absolute atomic E-state index is 0.317. The predicted octanol–water partition coefficient (Wildman–Crippen LogP) is 2.08. The number of nitrogens with one attached hydrogen (secondary N) is 1. The number of benzene rings is 1. The van der Waals surface area contributed by atoms with Crippen LogP contribution in [0, 0.1) is 0 Å². The zero-order chi connectivity index (χ0) is 21.1. The van der Waals surface area contributed by atoms with E-state index in [9.17, 15) is 9.59 Å². The van der Waals surface area contributed by atoms with Crippen molar-refractivity contribution in [3.05, 3.63) is 36.4 Å². The molecule has 0 radical (unpaired) electrons. The van der Waals surface area contributed by atoms with Crippen LogP contribution in [0.2, 0.25) is 0 Å². The molecule has 0 saturated heterocycles. The summed E-state index contributed by atoms with van der Waals surface area (Å²) in [5, 5.41) is 20.1. The Hall–Kier alpha value is -3.33. The van der Waals surface area contributed by atoms with Gasteiger partial charge in [-0.25, -0.2) is 14.6 Å². The topological polar surface area (TPSA) is 161 Å². The fourth-order valence-electron chi connectivity index (χ4n) is 2.35. The normalized spacial score (nSPS) is 11.5. The Morgan fingerprint density at radius 1 is 1.25 bits per heavy atom. The van der Waals surface area contributed by atoms with E-state index in [1.54, 1.807) is 13.2 Å². The van der Waals surface area contributed by atoms with Crippen LogP contribution in [0.5, 0.6) is 5.75 Å². The van der Waals surface area contributed by atoms with E-state index in [4.69, 9.17) is 26.4 Å². The molecule has 1 unspecified atom stereocenters. The van der Waals surface area contributed by atoms with Crippen LogP contribution in [-0.4, -0.2) is 46.8 Å². The summed E-state index contributed by atoms with van der Waals surface area (Å²) >= 11 is 0. The number of rotatable bonds is 8. The molecule has 152 valence electrons. The number of hydrogen-bond donors (Lipinski definition) is 5. The van der Waals surface area contributed by atoms with E-state index in [-0.39, 0.29) is 0 Å². The van der Waals surface area contributed by atoms with Crippen molar-refractivity contribution in [2.75, 3.05) is 24.7 Å². The maximum absolute atomic E-state index is 9.55. The Bertz CT molecular complexity index is 822. The highest BCUT2D eigenvalue weighted by Crippen LogP contribution is 2.29. The Balaban J connectivity index is 0.000000416. The fraction of sp³-hybridized carbons (Fsp3) is 0.316. The zero-order valence-electron chi connectivity index (χ0n) is 15.9. The van der Waals surface area contributed by atoms with Crippen LogP contribution >= 0.6 is 0 Å². The molecule has 0 spiro atoms. The standard InChI is InChI=1S/C15H22N4O.C4H4O4/c1-10(4-3-7-16)18-13-9-12(20-2)8-11-5-6-14(17)19-15(11)13;5-3(6)1-2-4(7)8/h5-6,8-10,18H,3-4,7,16H2,1-2H3,(H2,17,19);1-2H,(H,5,6)(H,7,8)/b;2-1-. The third-order valence-corrected chi connectivity index (χ3v) is 3.63. The second-order valence-electron chi connectivity index (χ2n) is 5.97. The summed E-state index contributed by atoms with van der Waals surface area (Å²) in [6.45, 7) is 2.84. The van der Waals surface area contributed by atoms with Crippen molar-refractivity contribution < 1.29 is 24.5 Å². The van der Waals surface area contributed by atoms with Gasteiger partial charge in [0.15, 0.2) is 0 Å². The zero-order valence-corrected chi connectivity index (χ0v) is 15.9. The molecule has 7 N–H and O–H groups in total. The Labute approximate surface area is 163 Å². The minimum Gasteiger partial charge on any atom is -0.497 e. The lowest BCUT2D eigenvalue weighted by Crippen LogP contribution is -2.17. The summed E-state index contributed by atoms with van der Waals surface area (Å²) in [5.41, 5.74) is 13.1. The molecule has 0 aliphatic rings. The number of aromatic nitrogens is 1. The van der Waals surface area contributed by atoms with Crippen LogP contribution in [0.4, 0.5) is 11.5 Å². The number of carbonyl (C=O) groups is 2. The number of hydrogen-bond acceptors (Lipinski definition) is 7. The van der Waals surface area contributed by atoms with Crippen LogP contribution in [0.3, 0.4) is 0 Å². The number of nitrogens with zero attached hydrogens (tertiary/aromatic N) is 1. The summed E-state index contributed by atoms with van der Waals surface area (Å²) < 4.78 is 5.34. The highest BCUT2D eigenvalue weighted by Gasteiger charge is 2.09. The van der Waals surface area contributed by atoms with Gasteiger partial charge >= 0.3 is 11.9 Å². The molecule has 9 nitrogen and oxygen atoms in total. The van der Waals surface area contributed by atoms with Gasteiger partial charge in [0.1, 0.15) is 11.6 Å². The van der Waals surface area contributed by atoms with Crippen LogP contribution in [0.25, 0.3) is 10.9 Å². The van der Waals surface area contributed by atoms with Crippen LogP contribution < -0.4 is 21.5 Å². The third kappa shape index (κ3) is 7.92. The van der Waals surface area contributed by atoms with Crippen molar-refractivity contribution in [1.29, 1.82) is 0 Å². The third-order valence-electron chi connectivity index (χ3n) is 3.63. The molecule has 0 aliphatic heterocycles. The predicted molar refractivity (Wildman–Crippen MR) is 108 cm³/mol.